The molecule has 0 aliphatic rings. The average molecular weight is 492 g/mol. The van der Waals surface area contributed by atoms with Gasteiger partial charge < -0.3 is 29.1 Å². The summed E-state index contributed by atoms with van der Waals surface area (Å²) in [7, 11) is 3.16. The molecule has 0 aliphatic heterocycles. The quantitative estimate of drug-likeness (QED) is 0.332. The normalized spacial score (nSPS) is 10.8. The first-order chi connectivity index (χ1) is 17.0. The lowest BCUT2D eigenvalue weighted by atomic mass is 10.1. The molecule has 0 saturated heterocycles. The molecule has 0 amide bonds. The summed E-state index contributed by atoms with van der Waals surface area (Å²) in [6.45, 7) is 3.55. The fourth-order valence-electron chi connectivity index (χ4n) is 3.97. The molecule has 0 atom stereocenters. The van der Waals surface area contributed by atoms with Gasteiger partial charge in [0.25, 0.3) is 5.56 Å². The van der Waals surface area contributed by atoms with Crippen LogP contribution in [0, 0.1) is 6.92 Å². The van der Waals surface area contributed by atoms with Crippen LogP contribution in [0.15, 0.2) is 70.1 Å². The molecular weight excluding hydrogens is 462 g/mol. The number of aryl methyl sites for hydroxylation is 1. The first-order valence-electron chi connectivity index (χ1n) is 11.4. The van der Waals surface area contributed by atoms with Crippen LogP contribution in [0.5, 0.6) is 11.5 Å². The Kier molecular flexibility index (Phi) is 7.72. The van der Waals surface area contributed by atoms with E-state index >= 15 is 0 Å². The maximum absolute atomic E-state index is 13.0. The summed E-state index contributed by atoms with van der Waals surface area (Å²) in [6.07, 6.45) is 2.42. The van der Waals surface area contributed by atoms with Crippen LogP contribution in [0.4, 0.5) is 0 Å². The van der Waals surface area contributed by atoms with E-state index in [1.54, 1.807) is 26.5 Å². The third-order valence-corrected chi connectivity index (χ3v) is 6.22. The summed E-state index contributed by atoms with van der Waals surface area (Å²) in [4.78, 5) is 18.0. The number of hydrogen-bond acceptors (Lipinski definition) is 5. The minimum Gasteiger partial charge on any atom is -0.493 e. The molecule has 0 saturated carbocycles. The summed E-state index contributed by atoms with van der Waals surface area (Å²) in [5.74, 6) is 1.95. The van der Waals surface area contributed by atoms with Crippen molar-refractivity contribution in [3.8, 4) is 11.5 Å². The largest absolute Gasteiger partial charge is 0.493 e. The molecule has 4 rings (SSSR count). The van der Waals surface area contributed by atoms with Gasteiger partial charge in [0.2, 0.25) is 0 Å². The van der Waals surface area contributed by atoms with E-state index < -0.39 is 0 Å². The third kappa shape index (κ3) is 6.02. The molecule has 0 spiro atoms. The lowest BCUT2D eigenvalue weighted by Gasteiger charge is -2.26. The number of ether oxygens (including phenoxy) is 2. The molecular formula is C27H29N3O4S. The zero-order valence-corrected chi connectivity index (χ0v) is 20.9. The third-order valence-electron chi connectivity index (χ3n) is 5.82. The minimum absolute atomic E-state index is 0.167. The second kappa shape index (κ2) is 11.1. The Labute approximate surface area is 209 Å². The molecule has 0 fully saturated rings. The van der Waals surface area contributed by atoms with Crippen LogP contribution in [0.3, 0.4) is 0 Å². The van der Waals surface area contributed by atoms with Gasteiger partial charge in [-0.25, -0.2) is 0 Å². The Morgan fingerprint density at radius 1 is 1.09 bits per heavy atom. The lowest BCUT2D eigenvalue weighted by molar-refractivity contribution is 0.355. The molecule has 0 bridgehead atoms. The molecule has 7 nitrogen and oxygen atoms in total. The van der Waals surface area contributed by atoms with E-state index in [4.69, 9.17) is 26.1 Å². The van der Waals surface area contributed by atoms with Crippen LogP contribution in [0.1, 0.15) is 22.5 Å². The van der Waals surface area contributed by atoms with Gasteiger partial charge in [-0.2, -0.15) is 0 Å². The second-order valence-electron chi connectivity index (χ2n) is 8.32. The number of thiocarbonyl (C=S) groups is 1. The van der Waals surface area contributed by atoms with Crippen molar-refractivity contribution < 1.29 is 13.9 Å². The number of methoxy groups -OCH3 is 2. The van der Waals surface area contributed by atoms with Crippen molar-refractivity contribution in [3.63, 3.8) is 0 Å². The number of H-pyrrole nitrogens is 1. The van der Waals surface area contributed by atoms with Crippen LogP contribution in [0.25, 0.3) is 10.9 Å². The van der Waals surface area contributed by atoms with Crippen LogP contribution in [-0.2, 0) is 19.5 Å². The summed E-state index contributed by atoms with van der Waals surface area (Å²) in [6, 6.07) is 17.6. The number of nitrogens with one attached hydrogen (secondary N) is 2. The number of benzene rings is 2. The zero-order chi connectivity index (χ0) is 24.8. The number of aromatic nitrogens is 1. The van der Waals surface area contributed by atoms with E-state index in [1.807, 2.05) is 29.2 Å². The van der Waals surface area contributed by atoms with Crippen molar-refractivity contribution >= 4 is 28.2 Å². The van der Waals surface area contributed by atoms with Crippen LogP contribution in [0.2, 0.25) is 0 Å². The molecule has 182 valence electrons. The van der Waals surface area contributed by atoms with E-state index in [1.165, 1.54) is 11.1 Å². The number of pyridine rings is 1. The lowest BCUT2D eigenvalue weighted by Crippen LogP contribution is -2.41. The summed E-state index contributed by atoms with van der Waals surface area (Å²) < 4.78 is 16.2. The molecule has 4 aromatic rings. The Morgan fingerprint density at radius 2 is 1.89 bits per heavy atom. The number of aromatic amines is 1. The van der Waals surface area contributed by atoms with Gasteiger partial charge in [0.05, 0.1) is 39.1 Å². The number of fused-ring (bicyclic) bond motifs is 1. The summed E-state index contributed by atoms with van der Waals surface area (Å²) >= 11 is 5.72. The monoisotopic (exact) mass is 491 g/mol. The number of furan rings is 1. The van der Waals surface area contributed by atoms with Crippen molar-refractivity contribution in [2.24, 2.45) is 0 Å². The van der Waals surface area contributed by atoms with Crippen molar-refractivity contribution in [1.82, 2.24) is 15.2 Å². The van der Waals surface area contributed by atoms with Gasteiger partial charge in [0, 0.05) is 23.6 Å². The fourth-order valence-corrected chi connectivity index (χ4v) is 4.20. The van der Waals surface area contributed by atoms with Crippen molar-refractivity contribution in [2.45, 2.75) is 26.4 Å². The van der Waals surface area contributed by atoms with E-state index in [2.05, 4.69) is 41.5 Å². The number of rotatable bonds is 9. The van der Waals surface area contributed by atoms with Crippen molar-refractivity contribution in [2.75, 3.05) is 20.8 Å². The molecule has 35 heavy (non-hydrogen) atoms. The van der Waals surface area contributed by atoms with Crippen LogP contribution < -0.4 is 20.3 Å². The molecule has 0 unspecified atom stereocenters. The topological polar surface area (TPSA) is 79.7 Å². The average Bonchev–Trinajstić information content (AvgIpc) is 3.38. The number of nitrogens with zero attached hydrogens (tertiary/aromatic N) is 1. The SMILES string of the molecule is COc1cc2cc(CN(CCc3cccc(C)c3)C(=S)NCc3ccco3)c(=O)[nH]c2cc1OC. The van der Waals surface area contributed by atoms with Crippen molar-refractivity contribution in [3.05, 3.63) is 93.7 Å². The van der Waals surface area contributed by atoms with Crippen LogP contribution in [-0.4, -0.2) is 35.8 Å². The smallest absolute Gasteiger partial charge is 0.253 e. The standard InChI is InChI=1S/C27H29N3O4S/c1-18-6-4-7-19(12-18)9-10-30(27(35)28-16-22-8-5-11-34-22)17-21-13-20-14-24(32-2)25(33-3)15-23(20)29-26(21)31/h4-8,11-15H,9-10,16-17H2,1-3H3,(H,28,35)(H,29,31). The van der Waals surface area contributed by atoms with Gasteiger partial charge in [-0.3, -0.25) is 4.79 Å². The van der Waals surface area contributed by atoms with Gasteiger partial charge in [0.1, 0.15) is 5.76 Å². The summed E-state index contributed by atoms with van der Waals surface area (Å²) in [5, 5.41) is 4.67. The van der Waals surface area contributed by atoms with Gasteiger partial charge in [-0.15, -0.1) is 0 Å². The Hall–Kier alpha value is -3.78. The molecule has 2 heterocycles. The molecule has 8 heteroatoms. The van der Waals surface area contributed by atoms with Gasteiger partial charge >= 0.3 is 0 Å². The maximum Gasteiger partial charge on any atom is 0.253 e. The maximum atomic E-state index is 13.0. The van der Waals surface area contributed by atoms with E-state index in [9.17, 15) is 4.79 Å². The summed E-state index contributed by atoms with van der Waals surface area (Å²) in [5.41, 5.74) is 3.55. The molecule has 2 aromatic carbocycles. The highest BCUT2D eigenvalue weighted by Crippen LogP contribution is 2.31. The minimum atomic E-state index is -0.167. The first kappa shape index (κ1) is 24.3. The zero-order valence-electron chi connectivity index (χ0n) is 20.1. The highest BCUT2D eigenvalue weighted by Gasteiger charge is 2.15. The molecule has 0 aliphatic carbocycles. The van der Waals surface area contributed by atoms with Gasteiger partial charge in [-0.05, 0) is 55.4 Å². The molecule has 2 aromatic heterocycles. The van der Waals surface area contributed by atoms with Gasteiger partial charge in [-0.1, -0.05) is 29.8 Å². The Morgan fingerprint density at radius 3 is 2.60 bits per heavy atom. The second-order valence-corrected chi connectivity index (χ2v) is 8.70. The highest BCUT2D eigenvalue weighted by atomic mass is 32.1. The number of hydrogen-bond donors (Lipinski definition) is 2. The highest BCUT2D eigenvalue weighted by molar-refractivity contribution is 7.80. The predicted molar refractivity (Wildman–Crippen MR) is 141 cm³/mol. The Balaban J connectivity index is 1.59. The molecule has 2 N–H and O–H groups in total. The molecule has 0 radical (unpaired) electrons. The fraction of sp³-hybridized carbons (Fsp3) is 0.259. The van der Waals surface area contributed by atoms with Crippen molar-refractivity contribution in [1.29, 1.82) is 0 Å². The van der Waals surface area contributed by atoms with Crippen LogP contribution >= 0.6 is 12.2 Å². The van der Waals surface area contributed by atoms with Gasteiger partial charge in [0.15, 0.2) is 16.6 Å². The van der Waals surface area contributed by atoms with E-state index in [-0.39, 0.29) is 5.56 Å². The Bertz CT molecular complexity index is 1360. The predicted octanol–water partition coefficient (Wildman–Crippen LogP) is 4.57. The first-order valence-corrected chi connectivity index (χ1v) is 11.8. The van der Waals surface area contributed by atoms with E-state index in [0.717, 1.165) is 17.6 Å². The van der Waals surface area contributed by atoms with E-state index in [0.29, 0.717) is 47.3 Å².